The van der Waals surface area contributed by atoms with E-state index in [1.165, 1.54) is 14.1 Å². The molecule has 0 saturated carbocycles. The van der Waals surface area contributed by atoms with E-state index in [-0.39, 0.29) is 25.6 Å². The molecule has 0 atom stereocenters. The Morgan fingerprint density at radius 2 is 1.15 bits per heavy atom. The van der Waals surface area contributed by atoms with Crippen LogP contribution in [0.1, 0.15) is 13.1 Å². The van der Waals surface area contributed by atoms with E-state index >= 15 is 0 Å². The van der Waals surface area contributed by atoms with Gasteiger partial charge in [0.25, 0.3) is 20.0 Å². The Bertz CT molecular complexity index is 2030. The molecule has 209 valence electrons. The summed E-state index contributed by atoms with van der Waals surface area (Å²) in [5, 5.41) is 1.56. The van der Waals surface area contributed by atoms with E-state index in [0.29, 0.717) is 17.0 Å². The van der Waals surface area contributed by atoms with Gasteiger partial charge in [-0.1, -0.05) is 43.8 Å². The highest BCUT2D eigenvalue weighted by atomic mass is 79.9. The first kappa shape index (κ1) is 32.3. The number of fused-ring (bicyclic) bond motifs is 2. The Hall–Kier alpha value is -3.26. The molecule has 0 spiro atoms. The van der Waals surface area contributed by atoms with Gasteiger partial charge in [0.1, 0.15) is 0 Å². The third kappa shape index (κ3) is 6.33. The predicted molar refractivity (Wildman–Crippen MR) is 170 cm³/mol. The molecule has 41 heavy (non-hydrogen) atoms. The van der Waals surface area contributed by atoms with E-state index in [1.807, 2.05) is 18.2 Å². The maximum absolute atomic E-state index is 12.7. The number of benzene rings is 2. The first-order valence-corrected chi connectivity index (χ1v) is 15.9. The van der Waals surface area contributed by atoms with Crippen molar-refractivity contribution in [2.24, 2.45) is 0 Å². The minimum absolute atomic E-state index is 0. The quantitative estimate of drug-likeness (QED) is 0.190. The van der Waals surface area contributed by atoms with E-state index in [4.69, 9.17) is 0 Å². The lowest BCUT2D eigenvalue weighted by atomic mass is 10.3. The second-order valence-corrected chi connectivity index (χ2v) is 13.9. The maximum atomic E-state index is 12.7. The molecule has 0 N–H and O–H groups in total. The molecule has 13 heteroatoms. The number of nitrogens with zero attached hydrogens (tertiary/aromatic N) is 4. The molecule has 3 radical (unpaired) electrons. The van der Waals surface area contributed by atoms with Crippen LogP contribution in [-0.4, -0.2) is 43.2 Å². The van der Waals surface area contributed by atoms with Crippen molar-refractivity contribution >= 4 is 82.4 Å². The summed E-state index contributed by atoms with van der Waals surface area (Å²) in [5.74, 6) is 0. The Balaban J connectivity index is 0.000000215. The summed E-state index contributed by atoms with van der Waals surface area (Å²) >= 11 is 6.66. The monoisotopic (exact) mass is 713 g/mol. The van der Waals surface area contributed by atoms with Gasteiger partial charge < -0.3 is 0 Å². The van der Waals surface area contributed by atoms with Gasteiger partial charge in [0.05, 0.1) is 9.79 Å². The van der Waals surface area contributed by atoms with Crippen molar-refractivity contribution in [2.75, 3.05) is 0 Å². The highest BCUT2D eigenvalue weighted by Gasteiger charge is 2.22. The van der Waals surface area contributed by atoms with Crippen molar-refractivity contribution in [1.82, 2.24) is 17.9 Å². The molecule has 0 aliphatic carbocycles. The molecule has 0 aliphatic rings. The number of aryl methyl sites for hydroxylation is 1. The fourth-order valence-corrected chi connectivity index (χ4v) is 7.60. The van der Waals surface area contributed by atoms with E-state index < -0.39 is 20.0 Å². The molecule has 6 rings (SSSR count). The van der Waals surface area contributed by atoms with Crippen LogP contribution in [0.2, 0.25) is 0 Å². The molecule has 6 aromatic rings. The summed E-state index contributed by atoms with van der Waals surface area (Å²) in [5.41, 5.74) is 1.50. The number of halogens is 2. The van der Waals surface area contributed by atoms with Crippen LogP contribution < -0.4 is 0 Å². The van der Waals surface area contributed by atoms with Crippen molar-refractivity contribution in [3.63, 3.8) is 0 Å². The van der Waals surface area contributed by atoms with Gasteiger partial charge in [-0.05, 0) is 87.3 Å². The average Bonchev–Trinajstić information content (AvgIpc) is 3.50. The van der Waals surface area contributed by atoms with E-state index in [2.05, 4.69) is 41.8 Å². The molecule has 0 bridgehead atoms. The molecule has 4 aromatic heterocycles. The second-order valence-electron chi connectivity index (χ2n) is 8.43. The maximum Gasteiger partial charge on any atom is 0.269 e. The van der Waals surface area contributed by atoms with Gasteiger partial charge in [0.2, 0.25) is 0 Å². The summed E-state index contributed by atoms with van der Waals surface area (Å²) in [4.78, 5) is 8.90. The Kier molecular flexibility index (Phi) is 10.0. The fourth-order valence-electron chi connectivity index (χ4n) is 4.05. The molecule has 0 saturated heterocycles. The van der Waals surface area contributed by atoms with Gasteiger partial charge in [0, 0.05) is 52.4 Å². The summed E-state index contributed by atoms with van der Waals surface area (Å²) in [6.45, 7) is 1.76. The number of rotatable bonds is 4. The van der Waals surface area contributed by atoms with Crippen LogP contribution in [-0.2, 0) is 20.0 Å². The van der Waals surface area contributed by atoms with Crippen LogP contribution in [0, 0.1) is 6.92 Å². The molecule has 2 aromatic carbocycles. The predicted octanol–water partition coefficient (Wildman–Crippen LogP) is 6.64. The highest BCUT2D eigenvalue weighted by molar-refractivity contribution is 9.10. The lowest BCUT2D eigenvalue weighted by molar-refractivity contribution is 0.586. The zero-order chi connectivity index (χ0) is 27.8. The largest absolute Gasteiger partial charge is 0.269 e. The first-order chi connectivity index (χ1) is 18.6. The topological polar surface area (TPSA) is 104 Å². The van der Waals surface area contributed by atoms with Crippen molar-refractivity contribution in [3.8, 4) is 0 Å². The van der Waals surface area contributed by atoms with Crippen molar-refractivity contribution in [2.45, 2.75) is 24.1 Å². The average molecular weight is 715 g/mol. The van der Waals surface area contributed by atoms with E-state index in [1.54, 1.807) is 86.0 Å². The first-order valence-electron chi connectivity index (χ1n) is 11.5. The molecule has 0 fully saturated rings. The van der Waals surface area contributed by atoms with Gasteiger partial charge in [-0.25, -0.2) is 34.7 Å². The number of pyridine rings is 2. The fraction of sp³-hybridized carbons (Fsp3) is 0.0714. The zero-order valence-corrected chi connectivity index (χ0v) is 25.7. The number of hydrogen-bond donors (Lipinski definition) is 0. The lowest BCUT2D eigenvalue weighted by Crippen LogP contribution is -2.14. The third-order valence-electron chi connectivity index (χ3n) is 5.78. The Morgan fingerprint density at radius 1 is 0.659 bits per heavy atom. The molecule has 0 unspecified atom stereocenters. The Labute approximate surface area is 258 Å². The molecule has 0 aliphatic heterocycles. The van der Waals surface area contributed by atoms with Gasteiger partial charge in [0.15, 0.2) is 11.3 Å². The minimum Gasteiger partial charge on any atom is -0.236 e. The van der Waals surface area contributed by atoms with Gasteiger partial charge in [-0.15, -0.1) is 0 Å². The summed E-state index contributed by atoms with van der Waals surface area (Å²) < 4.78 is 54.6. The van der Waals surface area contributed by atoms with Crippen LogP contribution in [0.25, 0.3) is 22.1 Å². The zero-order valence-electron chi connectivity index (χ0n) is 20.9. The molecular formula is C28H24BBr2N4O4S2. The van der Waals surface area contributed by atoms with Crippen LogP contribution in [0.3, 0.4) is 0 Å². The van der Waals surface area contributed by atoms with Gasteiger partial charge in [-0.3, -0.25) is 0 Å². The van der Waals surface area contributed by atoms with Crippen LogP contribution >= 0.6 is 31.9 Å². The van der Waals surface area contributed by atoms with Crippen molar-refractivity contribution < 1.29 is 16.8 Å². The minimum atomic E-state index is -3.63. The smallest absolute Gasteiger partial charge is 0.236 e. The standard InChI is InChI=1S/C14H11BrN2O2S.C13H9BrN2O2S.CH4.B/c1-10-7-11-8-12(15)9-16-14(11)17(10)20(18,19)13-5-3-2-4-6-13;14-11-8-10-6-7-16(13(10)15-9-11)19(17,18)12-4-2-1-3-5-12;;/h2-9H,1H3;1-9H;1H4;. The van der Waals surface area contributed by atoms with Gasteiger partial charge in [-0.2, -0.15) is 0 Å². The van der Waals surface area contributed by atoms with Crippen LogP contribution in [0.5, 0.6) is 0 Å². The van der Waals surface area contributed by atoms with Gasteiger partial charge >= 0.3 is 0 Å². The summed E-state index contributed by atoms with van der Waals surface area (Å²) in [6, 6.07) is 23.9. The number of hydrogen-bond acceptors (Lipinski definition) is 6. The molecule has 8 nitrogen and oxygen atoms in total. The van der Waals surface area contributed by atoms with E-state index in [9.17, 15) is 16.8 Å². The highest BCUT2D eigenvalue weighted by Crippen LogP contribution is 2.26. The normalized spacial score (nSPS) is 11.3. The van der Waals surface area contributed by atoms with Crippen molar-refractivity contribution in [1.29, 1.82) is 0 Å². The SMILES string of the molecule is C.Cc1cc2cc(Br)cnc2n1S(=O)(=O)c1ccccc1.O=S(=O)(c1ccccc1)n1ccc2cc(Br)cnc21.[B]. The summed E-state index contributed by atoms with van der Waals surface area (Å²) in [6.07, 6.45) is 4.70. The molecule has 4 heterocycles. The molecular weight excluding hydrogens is 691 g/mol. The van der Waals surface area contributed by atoms with Crippen molar-refractivity contribution in [3.05, 3.63) is 118 Å². The van der Waals surface area contributed by atoms with Crippen LogP contribution in [0.4, 0.5) is 0 Å². The third-order valence-corrected chi connectivity index (χ3v) is 10.1. The van der Waals surface area contributed by atoms with E-state index in [0.717, 1.165) is 19.7 Å². The lowest BCUT2D eigenvalue weighted by Gasteiger charge is -2.09. The second kappa shape index (κ2) is 12.7. The Morgan fingerprint density at radius 3 is 1.71 bits per heavy atom. The number of aromatic nitrogens is 4. The van der Waals surface area contributed by atoms with Crippen LogP contribution in [0.15, 0.2) is 122 Å². The summed E-state index contributed by atoms with van der Waals surface area (Å²) in [7, 11) is -7.22. The molecule has 0 amide bonds.